The third-order valence-corrected chi connectivity index (χ3v) is 3.69. The molecule has 0 spiro atoms. The molecule has 0 bridgehead atoms. The van der Waals surface area contributed by atoms with Crippen LogP contribution in [0, 0.1) is 13.8 Å². The zero-order valence-corrected chi connectivity index (χ0v) is 13.2. The van der Waals surface area contributed by atoms with Gasteiger partial charge in [0.2, 0.25) is 0 Å². The number of hydrogen-bond donors (Lipinski definition) is 1. The number of pyridine rings is 1. The quantitative estimate of drug-likeness (QED) is 0.706. The van der Waals surface area contributed by atoms with Crippen molar-refractivity contribution in [2.24, 2.45) is 10.2 Å². The molecule has 0 atom stereocenters. The van der Waals surface area contributed by atoms with Crippen LogP contribution in [0.1, 0.15) is 21.6 Å². The Hall–Kier alpha value is -2.73. The molecule has 0 amide bonds. The molecular formula is C16H13ClN4O2. The summed E-state index contributed by atoms with van der Waals surface area (Å²) in [7, 11) is 0. The van der Waals surface area contributed by atoms with Crippen LogP contribution in [0.2, 0.25) is 5.02 Å². The molecule has 3 rings (SSSR count). The van der Waals surface area contributed by atoms with Crippen molar-refractivity contribution < 1.29 is 9.90 Å². The smallest absolute Gasteiger partial charge is 0.337 e. The number of hydrogen-bond acceptors (Lipinski definition) is 4. The number of fused-ring (bicyclic) bond motifs is 1. The Bertz CT molecular complexity index is 947. The standard InChI is InChI=1S/C16H13ClN4O2/c1-9-5-6-21-14(7-9)18-10(2)15(21)20-19-11-3-4-13(17)12(8-11)16(22)23/h3-8H,1-2H3,(H,22,23). The van der Waals surface area contributed by atoms with Gasteiger partial charge < -0.3 is 5.11 Å². The fourth-order valence-electron chi connectivity index (χ4n) is 2.22. The summed E-state index contributed by atoms with van der Waals surface area (Å²) in [6.07, 6.45) is 1.88. The third-order valence-electron chi connectivity index (χ3n) is 3.36. The van der Waals surface area contributed by atoms with E-state index in [2.05, 4.69) is 15.2 Å². The minimum absolute atomic E-state index is 0.00592. The van der Waals surface area contributed by atoms with Gasteiger partial charge in [-0.2, -0.15) is 0 Å². The van der Waals surface area contributed by atoms with E-state index in [0.29, 0.717) is 11.5 Å². The Morgan fingerprint density at radius 2 is 2.00 bits per heavy atom. The van der Waals surface area contributed by atoms with Gasteiger partial charge in [0.25, 0.3) is 0 Å². The summed E-state index contributed by atoms with van der Waals surface area (Å²) in [6, 6.07) is 8.40. The third kappa shape index (κ3) is 2.93. The number of carbonyl (C=O) groups is 1. The first-order valence-electron chi connectivity index (χ1n) is 6.85. The van der Waals surface area contributed by atoms with E-state index in [1.54, 1.807) is 6.07 Å². The van der Waals surface area contributed by atoms with Crippen molar-refractivity contribution >= 4 is 34.7 Å². The maximum Gasteiger partial charge on any atom is 0.337 e. The molecule has 0 saturated carbocycles. The molecule has 2 heterocycles. The van der Waals surface area contributed by atoms with Crippen molar-refractivity contribution in [2.45, 2.75) is 13.8 Å². The lowest BCUT2D eigenvalue weighted by atomic mass is 10.2. The first-order chi connectivity index (χ1) is 11.0. The van der Waals surface area contributed by atoms with Gasteiger partial charge in [0.05, 0.1) is 22.0 Å². The number of carboxylic acids is 1. The summed E-state index contributed by atoms with van der Waals surface area (Å²) < 4.78 is 1.83. The number of carboxylic acid groups (broad SMARTS) is 1. The number of aromatic nitrogens is 2. The zero-order chi connectivity index (χ0) is 16.6. The van der Waals surface area contributed by atoms with Crippen LogP contribution in [-0.4, -0.2) is 20.5 Å². The number of imidazole rings is 1. The SMILES string of the molecule is Cc1ccn2c(N=Nc3ccc(Cl)c(C(=O)O)c3)c(C)nc2c1. The Labute approximate surface area is 137 Å². The van der Waals surface area contributed by atoms with Crippen LogP contribution in [0.4, 0.5) is 11.5 Å². The van der Waals surface area contributed by atoms with Gasteiger partial charge in [-0.25, -0.2) is 9.78 Å². The van der Waals surface area contributed by atoms with E-state index in [0.717, 1.165) is 16.9 Å². The van der Waals surface area contributed by atoms with Crippen LogP contribution < -0.4 is 0 Å². The number of benzene rings is 1. The van der Waals surface area contributed by atoms with Crippen molar-refractivity contribution in [3.8, 4) is 0 Å². The van der Waals surface area contributed by atoms with Crippen molar-refractivity contribution in [2.75, 3.05) is 0 Å². The van der Waals surface area contributed by atoms with Gasteiger partial charge in [0.1, 0.15) is 5.65 Å². The lowest BCUT2D eigenvalue weighted by Crippen LogP contribution is -1.96. The van der Waals surface area contributed by atoms with Gasteiger partial charge in [0, 0.05) is 6.20 Å². The highest BCUT2D eigenvalue weighted by atomic mass is 35.5. The zero-order valence-electron chi connectivity index (χ0n) is 12.5. The molecule has 0 saturated heterocycles. The second-order valence-corrected chi connectivity index (χ2v) is 5.53. The molecule has 0 unspecified atom stereocenters. The first-order valence-corrected chi connectivity index (χ1v) is 7.23. The molecular weight excluding hydrogens is 316 g/mol. The second-order valence-electron chi connectivity index (χ2n) is 5.12. The number of rotatable bonds is 3. The normalized spacial score (nSPS) is 11.4. The summed E-state index contributed by atoms with van der Waals surface area (Å²) in [5, 5.41) is 17.6. The Balaban J connectivity index is 2.02. The molecule has 0 fully saturated rings. The molecule has 23 heavy (non-hydrogen) atoms. The second kappa shape index (κ2) is 5.81. The molecule has 116 valence electrons. The van der Waals surface area contributed by atoms with Crippen LogP contribution >= 0.6 is 11.6 Å². The highest BCUT2D eigenvalue weighted by Gasteiger charge is 2.10. The molecule has 7 heteroatoms. The molecule has 2 aromatic heterocycles. The number of halogens is 1. The summed E-state index contributed by atoms with van der Waals surface area (Å²) in [4.78, 5) is 15.5. The van der Waals surface area contributed by atoms with Crippen molar-refractivity contribution in [3.05, 3.63) is 58.4 Å². The molecule has 0 radical (unpaired) electrons. The van der Waals surface area contributed by atoms with E-state index in [1.807, 2.05) is 36.6 Å². The van der Waals surface area contributed by atoms with E-state index in [1.165, 1.54) is 12.1 Å². The van der Waals surface area contributed by atoms with Gasteiger partial charge in [0.15, 0.2) is 5.82 Å². The van der Waals surface area contributed by atoms with Gasteiger partial charge in [-0.15, -0.1) is 10.2 Å². The average Bonchev–Trinajstić information content (AvgIpc) is 2.80. The van der Waals surface area contributed by atoms with Crippen LogP contribution in [-0.2, 0) is 0 Å². The molecule has 0 aliphatic rings. The van der Waals surface area contributed by atoms with Crippen molar-refractivity contribution in [3.63, 3.8) is 0 Å². The maximum absolute atomic E-state index is 11.1. The van der Waals surface area contributed by atoms with Crippen LogP contribution in [0.15, 0.2) is 46.8 Å². The highest BCUT2D eigenvalue weighted by molar-refractivity contribution is 6.33. The predicted octanol–water partition coefficient (Wildman–Crippen LogP) is 4.72. The van der Waals surface area contributed by atoms with Gasteiger partial charge >= 0.3 is 5.97 Å². The van der Waals surface area contributed by atoms with Crippen LogP contribution in [0.25, 0.3) is 5.65 Å². The molecule has 0 aliphatic heterocycles. The Morgan fingerprint density at radius 1 is 1.22 bits per heavy atom. The largest absolute Gasteiger partial charge is 0.478 e. The Kier molecular flexibility index (Phi) is 3.83. The maximum atomic E-state index is 11.1. The van der Waals surface area contributed by atoms with E-state index in [4.69, 9.17) is 16.7 Å². The van der Waals surface area contributed by atoms with Gasteiger partial charge in [-0.05, 0) is 49.7 Å². The van der Waals surface area contributed by atoms with Gasteiger partial charge in [-0.1, -0.05) is 11.6 Å². The topological polar surface area (TPSA) is 79.3 Å². The summed E-state index contributed by atoms with van der Waals surface area (Å²) in [5.74, 6) is -0.500. The van der Waals surface area contributed by atoms with E-state index < -0.39 is 5.97 Å². The minimum Gasteiger partial charge on any atom is -0.478 e. The summed E-state index contributed by atoms with van der Waals surface area (Å²) in [6.45, 7) is 3.84. The van der Waals surface area contributed by atoms with E-state index in [9.17, 15) is 4.79 Å². The van der Waals surface area contributed by atoms with Crippen molar-refractivity contribution in [1.29, 1.82) is 0 Å². The number of azo groups is 1. The first kappa shape index (κ1) is 15.2. The fraction of sp³-hybridized carbons (Fsp3) is 0.125. The number of aromatic carboxylic acids is 1. The number of aryl methyl sites for hydroxylation is 2. The van der Waals surface area contributed by atoms with E-state index in [-0.39, 0.29) is 10.6 Å². The van der Waals surface area contributed by atoms with Crippen LogP contribution in [0.5, 0.6) is 0 Å². The highest BCUT2D eigenvalue weighted by Crippen LogP contribution is 2.26. The fourth-order valence-corrected chi connectivity index (χ4v) is 2.41. The minimum atomic E-state index is -1.10. The van der Waals surface area contributed by atoms with Crippen LogP contribution in [0.3, 0.4) is 0 Å². The molecule has 3 aromatic rings. The predicted molar refractivity (Wildman–Crippen MR) is 87.3 cm³/mol. The summed E-state index contributed by atoms with van der Waals surface area (Å²) >= 11 is 5.84. The molecule has 1 N–H and O–H groups in total. The summed E-state index contributed by atoms with van der Waals surface area (Å²) in [5.41, 5.74) is 3.04. The average molecular weight is 329 g/mol. The molecule has 1 aromatic carbocycles. The van der Waals surface area contributed by atoms with Gasteiger partial charge in [-0.3, -0.25) is 4.40 Å². The molecule has 6 nitrogen and oxygen atoms in total. The lowest BCUT2D eigenvalue weighted by Gasteiger charge is -2.00. The van der Waals surface area contributed by atoms with Crippen molar-refractivity contribution in [1.82, 2.24) is 9.38 Å². The van der Waals surface area contributed by atoms with E-state index >= 15 is 0 Å². The lowest BCUT2D eigenvalue weighted by molar-refractivity contribution is 0.0697. The Morgan fingerprint density at radius 3 is 2.74 bits per heavy atom. The molecule has 0 aliphatic carbocycles. The monoisotopic (exact) mass is 328 g/mol. The number of nitrogens with zero attached hydrogens (tertiary/aromatic N) is 4.